The van der Waals surface area contributed by atoms with Crippen LogP contribution < -0.4 is 0 Å². The monoisotopic (exact) mass is 92.0 g/mol. The molecule has 0 aromatic carbocycles. The van der Waals surface area contributed by atoms with Crippen molar-refractivity contribution >= 4 is 7.69 Å². The lowest BCUT2D eigenvalue weighted by Gasteiger charge is -1.70. The van der Waals surface area contributed by atoms with E-state index in [1.807, 2.05) is 0 Å². The quantitative estimate of drug-likeness (QED) is 0.400. The van der Waals surface area contributed by atoms with Crippen molar-refractivity contribution in [2.75, 3.05) is 6.16 Å². The van der Waals surface area contributed by atoms with E-state index in [4.69, 9.17) is 0 Å². The molecule has 0 aromatic rings. The summed E-state index contributed by atoms with van der Waals surface area (Å²) in [4.78, 5) is 0. The first-order chi connectivity index (χ1) is 2.27. The molecule has 5 heavy (non-hydrogen) atoms. The summed E-state index contributed by atoms with van der Waals surface area (Å²) in [7, 11) is -1.60. The second-order valence-corrected chi connectivity index (χ2v) is 2.15. The molecule has 0 aliphatic carbocycles. The van der Waals surface area contributed by atoms with Gasteiger partial charge in [0.2, 0.25) is 0 Å². The molecule has 1 unspecified atom stereocenters. The summed E-state index contributed by atoms with van der Waals surface area (Å²) in [6, 6.07) is 0. The van der Waals surface area contributed by atoms with Crippen LogP contribution in [0.15, 0.2) is 0 Å². The lowest BCUT2D eigenvalue weighted by molar-refractivity contribution is 0.911. The Hall–Kier alpha value is 0.01000. The Kier molecular flexibility index (Phi) is 2.26. The van der Waals surface area contributed by atoms with Crippen molar-refractivity contribution in [3.05, 3.63) is 0 Å². The Bertz CT molecular complexity index is 68.7. The maximum atomic E-state index is 11.3. The van der Waals surface area contributed by atoms with E-state index in [0.29, 0.717) is 6.16 Å². The van der Waals surface area contributed by atoms with E-state index >= 15 is 0 Å². The predicted molar refractivity (Wildman–Crippen MR) is 23.5 cm³/mol. The van der Waals surface area contributed by atoms with Crippen molar-refractivity contribution < 1.29 is 4.20 Å². The van der Waals surface area contributed by atoms with Crippen LogP contribution in [-0.2, 0) is 0 Å². The lowest BCUT2D eigenvalue weighted by atomic mass is 11.0. The number of hydrogen-bond donors (Lipinski definition) is 0. The molecule has 0 radical (unpaired) electrons. The maximum Gasteiger partial charge on any atom is 0.0731 e. The first kappa shape index (κ1) is 5.01. The van der Waals surface area contributed by atoms with Crippen LogP contribution >= 0.6 is 7.69 Å². The SMILES string of the molecule is C#P(F)CC. The summed E-state index contributed by atoms with van der Waals surface area (Å²) >= 11 is 0. The van der Waals surface area contributed by atoms with Crippen molar-refractivity contribution in [3.8, 4) is 6.13 Å². The van der Waals surface area contributed by atoms with Crippen LogP contribution in [0.25, 0.3) is 0 Å². The molecule has 0 spiro atoms. The topological polar surface area (TPSA) is 0 Å². The summed E-state index contributed by atoms with van der Waals surface area (Å²) < 4.78 is 11.3. The molecule has 0 rings (SSSR count). The van der Waals surface area contributed by atoms with E-state index in [1.54, 1.807) is 6.92 Å². The molecule has 0 saturated heterocycles. The highest BCUT2D eigenvalue weighted by molar-refractivity contribution is 7.40. The highest BCUT2D eigenvalue weighted by atomic mass is 31.1. The molecule has 1 atom stereocenters. The van der Waals surface area contributed by atoms with Gasteiger partial charge in [0, 0.05) is 6.16 Å². The smallest absolute Gasteiger partial charge is 0.0731 e. The van der Waals surface area contributed by atoms with Crippen molar-refractivity contribution in [1.29, 1.82) is 0 Å². The molecular formula is C3H6FP. The third kappa shape index (κ3) is 4.01. The van der Waals surface area contributed by atoms with Gasteiger partial charge in [-0.2, -0.15) is 4.20 Å². The Morgan fingerprint density at radius 3 is 2.20 bits per heavy atom. The minimum atomic E-state index is -1.60. The van der Waals surface area contributed by atoms with Crippen molar-refractivity contribution in [2.45, 2.75) is 6.92 Å². The normalized spacial score (nSPS) is 11.0. The molecule has 0 aromatic heterocycles. The van der Waals surface area contributed by atoms with Crippen LogP contribution in [0.3, 0.4) is 0 Å². The number of halogens is 1. The molecule has 0 amide bonds. The molecule has 30 valence electrons. The highest BCUT2D eigenvalue weighted by Crippen LogP contribution is 2.14. The fourth-order valence-corrected chi connectivity index (χ4v) is 0. The summed E-state index contributed by atoms with van der Waals surface area (Å²) in [5.41, 5.74) is 0. The average Bonchev–Trinajstić information content (AvgIpc) is 1.38. The summed E-state index contributed by atoms with van der Waals surface area (Å²) in [5, 5.41) is 0. The second kappa shape index (κ2) is 2.26. The molecule has 0 nitrogen and oxygen atoms in total. The largest absolute Gasteiger partial charge is 0.188 e. The van der Waals surface area contributed by atoms with Crippen LogP contribution in [0, 0.1) is 6.13 Å². The number of rotatable bonds is 0. The Labute approximate surface area is 32.2 Å². The van der Waals surface area contributed by atoms with Gasteiger partial charge in [-0.3, -0.25) is 0 Å². The first-order valence-corrected chi connectivity index (χ1v) is 2.94. The summed E-state index contributed by atoms with van der Waals surface area (Å²) in [6.45, 7) is 1.73. The van der Waals surface area contributed by atoms with E-state index in [9.17, 15) is 4.20 Å². The van der Waals surface area contributed by atoms with Gasteiger partial charge >= 0.3 is 0 Å². The fraction of sp³-hybridized carbons (Fsp3) is 0.667. The highest BCUT2D eigenvalue weighted by Gasteiger charge is 1.69. The van der Waals surface area contributed by atoms with Crippen molar-refractivity contribution in [1.82, 2.24) is 0 Å². The van der Waals surface area contributed by atoms with Crippen LogP contribution in [-0.4, -0.2) is 6.16 Å². The Morgan fingerprint density at radius 1 is 2.00 bits per heavy atom. The third-order valence-electron chi connectivity index (χ3n) is 0.302. The van der Waals surface area contributed by atoms with Gasteiger partial charge in [0.1, 0.15) is 0 Å². The fourth-order valence-electron chi connectivity index (χ4n) is 0. The molecule has 2 heteroatoms. The molecular weight excluding hydrogens is 86.0 g/mol. The van der Waals surface area contributed by atoms with E-state index in [-0.39, 0.29) is 0 Å². The molecule has 0 heterocycles. The van der Waals surface area contributed by atoms with Gasteiger partial charge in [-0.15, -0.1) is 6.13 Å². The van der Waals surface area contributed by atoms with Gasteiger partial charge in [0.15, 0.2) is 0 Å². The zero-order chi connectivity index (χ0) is 4.28. The van der Waals surface area contributed by atoms with Crippen molar-refractivity contribution in [3.63, 3.8) is 0 Å². The second-order valence-electron chi connectivity index (χ2n) is 0.716. The van der Waals surface area contributed by atoms with Crippen LogP contribution in [0.1, 0.15) is 6.92 Å². The first-order valence-electron chi connectivity index (χ1n) is 1.45. The van der Waals surface area contributed by atoms with Gasteiger partial charge in [-0.25, -0.2) is 0 Å². The Morgan fingerprint density at radius 2 is 2.20 bits per heavy atom. The third-order valence-corrected chi connectivity index (χ3v) is 0.906. The molecule has 0 bridgehead atoms. The predicted octanol–water partition coefficient (Wildman–Crippen LogP) is 1.96. The van der Waals surface area contributed by atoms with Gasteiger partial charge in [0.05, 0.1) is 7.69 Å². The molecule has 0 aliphatic rings. The van der Waals surface area contributed by atoms with Crippen LogP contribution in [0.4, 0.5) is 4.20 Å². The standard InChI is InChI=1S/C3H6FP/c1-3-5(2)4/h2H,3H2,1H3. The van der Waals surface area contributed by atoms with Crippen molar-refractivity contribution in [2.24, 2.45) is 0 Å². The minimum absolute atomic E-state index is 0.481. The van der Waals surface area contributed by atoms with Gasteiger partial charge in [0.25, 0.3) is 0 Å². The molecule has 0 N–H and O–H groups in total. The van der Waals surface area contributed by atoms with E-state index in [2.05, 4.69) is 6.13 Å². The average molecular weight is 92.1 g/mol. The molecule has 0 saturated carbocycles. The molecule has 0 fully saturated rings. The van der Waals surface area contributed by atoms with E-state index in [0.717, 1.165) is 0 Å². The van der Waals surface area contributed by atoms with E-state index in [1.165, 1.54) is 0 Å². The summed E-state index contributed by atoms with van der Waals surface area (Å²) in [6.07, 6.45) is 5.17. The molecule has 0 aliphatic heterocycles. The summed E-state index contributed by atoms with van der Waals surface area (Å²) in [5.74, 6) is 0. The zero-order valence-corrected chi connectivity index (χ0v) is 4.00. The van der Waals surface area contributed by atoms with Crippen LogP contribution in [0.5, 0.6) is 0 Å². The zero-order valence-electron chi connectivity index (χ0n) is 3.11. The minimum Gasteiger partial charge on any atom is -0.188 e. The van der Waals surface area contributed by atoms with Crippen LogP contribution in [0.2, 0.25) is 0 Å². The number of hydrogen-bond acceptors (Lipinski definition) is 0. The van der Waals surface area contributed by atoms with Gasteiger partial charge < -0.3 is 0 Å². The van der Waals surface area contributed by atoms with E-state index < -0.39 is 7.69 Å². The Balaban J connectivity index is 2.97. The van der Waals surface area contributed by atoms with Gasteiger partial charge in [-0.1, -0.05) is 6.92 Å². The maximum absolute atomic E-state index is 11.3. The lowest BCUT2D eigenvalue weighted by Crippen LogP contribution is -1.46. The van der Waals surface area contributed by atoms with Gasteiger partial charge in [-0.05, 0) is 0 Å².